The Hall–Kier alpha value is -2.04. The Kier molecular flexibility index (Phi) is 14.8. The normalized spacial score (nSPS) is 20.8. The molecule has 0 aromatic heterocycles. The number of hydrogen-bond donors (Lipinski definition) is 1. The lowest BCUT2D eigenvalue weighted by Crippen LogP contribution is -2.40. The van der Waals surface area contributed by atoms with Crippen molar-refractivity contribution in [2.45, 2.75) is 137 Å². The second-order valence-electron chi connectivity index (χ2n) is 12.1. The molecule has 0 saturated heterocycles. The molecule has 1 aliphatic heterocycles. The summed E-state index contributed by atoms with van der Waals surface area (Å²) < 4.78 is 11.3. The zero-order valence-corrected chi connectivity index (χ0v) is 24.7. The third-order valence-corrected chi connectivity index (χ3v) is 8.26. The van der Waals surface area contributed by atoms with Gasteiger partial charge in [0, 0.05) is 24.3 Å². The summed E-state index contributed by atoms with van der Waals surface area (Å²) in [6.45, 7) is 8.81. The maximum absolute atomic E-state index is 12.7. The second kappa shape index (κ2) is 17.5. The lowest BCUT2D eigenvalue weighted by Gasteiger charge is -2.44. The zero-order chi connectivity index (χ0) is 27.8. The predicted octanol–water partition coefficient (Wildman–Crippen LogP) is 9.08. The molecule has 1 N–H and O–H groups in total. The molecule has 0 spiro atoms. The van der Waals surface area contributed by atoms with Crippen LogP contribution in [0.15, 0.2) is 34.8 Å². The molecule has 2 rings (SSSR count). The molecule has 0 radical (unpaired) electrons. The Morgan fingerprint density at radius 2 is 1.58 bits per heavy atom. The fraction of sp³-hybridized carbons (Fsp3) is 0.758. The van der Waals surface area contributed by atoms with E-state index in [1.54, 1.807) is 6.08 Å². The van der Waals surface area contributed by atoms with Crippen molar-refractivity contribution in [3.63, 3.8) is 0 Å². The lowest BCUT2D eigenvalue weighted by molar-refractivity contribution is -0.146. The van der Waals surface area contributed by atoms with Crippen LogP contribution in [-0.2, 0) is 19.1 Å². The van der Waals surface area contributed by atoms with Gasteiger partial charge in [0.15, 0.2) is 11.5 Å². The molecule has 2 atom stereocenters. The minimum Gasteiger partial charge on any atom is -0.504 e. The van der Waals surface area contributed by atoms with Gasteiger partial charge in [-0.2, -0.15) is 0 Å². The topological polar surface area (TPSA) is 72.8 Å². The van der Waals surface area contributed by atoms with Crippen molar-refractivity contribution in [3.8, 4) is 0 Å². The van der Waals surface area contributed by atoms with Crippen molar-refractivity contribution in [3.05, 3.63) is 34.8 Å². The number of aliphatic hydroxyl groups excluding tert-OH is 1. The van der Waals surface area contributed by atoms with Gasteiger partial charge in [-0.1, -0.05) is 96.5 Å². The van der Waals surface area contributed by atoms with Crippen LogP contribution in [0, 0.1) is 11.3 Å². The number of ether oxygens (including phenoxy) is 2. The SMILES string of the molecule is CCCCCCCCCCCCCCCC(=O)OCC1C2=C(CCC1(C)CC(=O)C=C(C)C)C(O)=COC2. The van der Waals surface area contributed by atoms with Crippen LogP contribution in [0.2, 0.25) is 0 Å². The number of rotatable bonds is 19. The molecule has 5 heteroatoms. The van der Waals surface area contributed by atoms with Gasteiger partial charge in [0.25, 0.3) is 0 Å². The van der Waals surface area contributed by atoms with E-state index in [0.29, 0.717) is 25.9 Å². The van der Waals surface area contributed by atoms with Crippen LogP contribution in [0.5, 0.6) is 0 Å². The molecule has 0 amide bonds. The monoisotopic (exact) mass is 530 g/mol. The van der Waals surface area contributed by atoms with E-state index in [4.69, 9.17) is 9.47 Å². The van der Waals surface area contributed by atoms with Crippen molar-refractivity contribution in [1.29, 1.82) is 0 Å². The number of ketones is 1. The minimum atomic E-state index is -0.349. The van der Waals surface area contributed by atoms with Gasteiger partial charge in [-0.3, -0.25) is 9.59 Å². The van der Waals surface area contributed by atoms with Gasteiger partial charge in [-0.05, 0) is 50.2 Å². The van der Waals surface area contributed by atoms with Crippen LogP contribution in [0.3, 0.4) is 0 Å². The Bertz CT molecular complexity index is 832. The first-order valence-electron chi connectivity index (χ1n) is 15.3. The summed E-state index contributed by atoms with van der Waals surface area (Å²) in [6, 6.07) is 0. The maximum Gasteiger partial charge on any atom is 0.305 e. The molecule has 0 aromatic rings. The van der Waals surface area contributed by atoms with E-state index >= 15 is 0 Å². The zero-order valence-electron chi connectivity index (χ0n) is 24.7. The van der Waals surface area contributed by atoms with E-state index in [1.807, 2.05) is 13.8 Å². The highest BCUT2D eigenvalue weighted by molar-refractivity contribution is 5.90. The second-order valence-corrected chi connectivity index (χ2v) is 12.1. The van der Waals surface area contributed by atoms with Crippen LogP contribution in [0.4, 0.5) is 0 Å². The maximum atomic E-state index is 12.7. The number of carbonyl (C=O) groups is 2. The summed E-state index contributed by atoms with van der Waals surface area (Å²) in [7, 11) is 0. The molecule has 0 aromatic carbocycles. The Labute approximate surface area is 232 Å². The average molecular weight is 531 g/mol. The highest BCUT2D eigenvalue weighted by atomic mass is 16.5. The van der Waals surface area contributed by atoms with E-state index in [2.05, 4.69) is 13.8 Å². The first kappa shape index (κ1) is 32.2. The molecule has 1 aliphatic carbocycles. The summed E-state index contributed by atoms with van der Waals surface area (Å²) in [6.07, 6.45) is 21.9. The van der Waals surface area contributed by atoms with Gasteiger partial charge in [0.1, 0.15) is 12.9 Å². The molecule has 0 saturated carbocycles. The van der Waals surface area contributed by atoms with E-state index in [9.17, 15) is 14.7 Å². The Balaban J connectivity index is 1.73. The van der Waals surface area contributed by atoms with Crippen LogP contribution in [-0.4, -0.2) is 30.1 Å². The van der Waals surface area contributed by atoms with Crippen LogP contribution in [0.1, 0.15) is 137 Å². The molecule has 2 aliphatic rings. The summed E-state index contributed by atoms with van der Waals surface area (Å²) in [5.41, 5.74) is 2.49. The highest BCUT2D eigenvalue weighted by Gasteiger charge is 2.44. The third-order valence-electron chi connectivity index (χ3n) is 8.26. The van der Waals surface area contributed by atoms with Crippen LogP contribution < -0.4 is 0 Å². The van der Waals surface area contributed by atoms with E-state index in [1.165, 1.54) is 76.9 Å². The molecule has 38 heavy (non-hydrogen) atoms. The molecule has 216 valence electrons. The first-order chi connectivity index (χ1) is 18.3. The van der Waals surface area contributed by atoms with E-state index < -0.39 is 0 Å². The number of hydrogen-bond acceptors (Lipinski definition) is 5. The summed E-state index contributed by atoms with van der Waals surface area (Å²) in [4.78, 5) is 25.3. The van der Waals surface area contributed by atoms with Gasteiger partial charge in [-0.25, -0.2) is 0 Å². The van der Waals surface area contributed by atoms with Gasteiger partial charge in [-0.15, -0.1) is 0 Å². The summed E-state index contributed by atoms with van der Waals surface area (Å²) in [5, 5.41) is 10.4. The number of carbonyl (C=O) groups excluding carboxylic acids is 2. The van der Waals surface area contributed by atoms with Crippen molar-refractivity contribution >= 4 is 11.8 Å². The smallest absolute Gasteiger partial charge is 0.305 e. The van der Waals surface area contributed by atoms with Crippen LogP contribution >= 0.6 is 0 Å². The van der Waals surface area contributed by atoms with Gasteiger partial charge >= 0.3 is 5.97 Å². The summed E-state index contributed by atoms with van der Waals surface area (Å²) >= 11 is 0. The van der Waals surface area contributed by atoms with Crippen molar-refractivity contribution in [2.24, 2.45) is 11.3 Å². The van der Waals surface area contributed by atoms with Crippen molar-refractivity contribution in [2.75, 3.05) is 13.2 Å². The fourth-order valence-electron chi connectivity index (χ4n) is 5.96. The van der Waals surface area contributed by atoms with E-state index in [0.717, 1.165) is 36.0 Å². The minimum absolute atomic E-state index is 0.0938. The van der Waals surface area contributed by atoms with Crippen molar-refractivity contribution < 1.29 is 24.2 Å². The molecule has 1 heterocycles. The molecular weight excluding hydrogens is 476 g/mol. The van der Waals surface area contributed by atoms with E-state index in [-0.39, 0.29) is 35.5 Å². The van der Waals surface area contributed by atoms with Crippen molar-refractivity contribution in [1.82, 2.24) is 0 Å². The van der Waals surface area contributed by atoms with Gasteiger partial charge in [0.2, 0.25) is 0 Å². The lowest BCUT2D eigenvalue weighted by atomic mass is 9.62. The van der Waals surface area contributed by atoms with Gasteiger partial charge < -0.3 is 14.6 Å². The predicted molar refractivity (Wildman–Crippen MR) is 155 cm³/mol. The summed E-state index contributed by atoms with van der Waals surface area (Å²) in [5.74, 6) is -0.0639. The quantitative estimate of drug-likeness (QED) is 0.102. The number of unbranched alkanes of at least 4 members (excludes halogenated alkanes) is 12. The Morgan fingerprint density at radius 3 is 2.16 bits per heavy atom. The molecule has 2 unspecified atom stereocenters. The number of aliphatic hydroxyl groups is 1. The fourth-order valence-corrected chi connectivity index (χ4v) is 5.96. The molecular formula is C33H54O5. The standard InChI is InChI=1S/C33H54O5/c1-5-6-7-8-9-10-11-12-13-14-15-16-17-18-32(36)38-24-30-29-23-37-25-31(35)28(29)19-20-33(30,4)22-27(34)21-26(2)3/h21,25,30,35H,5-20,22-24H2,1-4H3. The Morgan fingerprint density at radius 1 is 1.00 bits per heavy atom. The van der Waals surface area contributed by atoms with Crippen LogP contribution in [0.25, 0.3) is 0 Å². The number of esters is 1. The van der Waals surface area contributed by atoms with Gasteiger partial charge in [0.05, 0.1) is 6.61 Å². The largest absolute Gasteiger partial charge is 0.504 e. The molecule has 5 nitrogen and oxygen atoms in total. The average Bonchev–Trinajstić information content (AvgIpc) is 2.85. The molecule has 0 bridgehead atoms. The molecule has 0 fully saturated rings. The highest BCUT2D eigenvalue weighted by Crippen LogP contribution is 2.49. The third kappa shape index (κ3) is 11.4. The first-order valence-corrected chi connectivity index (χ1v) is 15.3. The number of allylic oxidation sites excluding steroid dienone is 3.